The molecule has 1 atom stereocenters. The summed E-state index contributed by atoms with van der Waals surface area (Å²) in [6.45, 7) is 3.79. The third-order valence-corrected chi connectivity index (χ3v) is 5.07. The smallest absolute Gasteiger partial charge is 0.350 e. The van der Waals surface area contributed by atoms with Crippen LogP contribution in [0.1, 0.15) is 34.8 Å². The molecule has 130 valence electrons. The summed E-state index contributed by atoms with van der Waals surface area (Å²) >= 11 is 2.84. The van der Waals surface area contributed by atoms with Gasteiger partial charge in [-0.25, -0.2) is 9.78 Å². The molecule has 0 bridgehead atoms. The van der Waals surface area contributed by atoms with Gasteiger partial charge in [0.25, 0.3) is 0 Å². The fraction of sp³-hybridized carbons (Fsp3) is 0.438. The molecule has 0 aliphatic rings. The summed E-state index contributed by atoms with van der Waals surface area (Å²) in [4.78, 5) is 29.2. The van der Waals surface area contributed by atoms with Gasteiger partial charge in [-0.1, -0.05) is 11.3 Å². The molecule has 0 aromatic carbocycles. The van der Waals surface area contributed by atoms with E-state index < -0.39 is 5.97 Å². The van der Waals surface area contributed by atoms with Crippen molar-refractivity contribution in [3.05, 3.63) is 35.1 Å². The Kier molecular flexibility index (Phi) is 6.86. The molecule has 1 N–H and O–H groups in total. The molecule has 0 spiro atoms. The van der Waals surface area contributed by atoms with Crippen molar-refractivity contribution in [2.75, 3.05) is 23.9 Å². The van der Waals surface area contributed by atoms with Crippen molar-refractivity contribution in [3.8, 4) is 0 Å². The molecule has 2 heterocycles. The van der Waals surface area contributed by atoms with Gasteiger partial charge in [0.1, 0.15) is 10.9 Å². The Hall–Kier alpha value is -1.80. The molecule has 2 aromatic heterocycles. The van der Waals surface area contributed by atoms with Gasteiger partial charge in [0.15, 0.2) is 5.13 Å². The van der Waals surface area contributed by atoms with Crippen molar-refractivity contribution < 1.29 is 14.3 Å². The number of anilines is 1. The Morgan fingerprint density at radius 2 is 2.12 bits per heavy atom. The summed E-state index contributed by atoms with van der Waals surface area (Å²) in [5.74, 6) is 0.336. The molecule has 8 heteroatoms. The summed E-state index contributed by atoms with van der Waals surface area (Å²) in [5.41, 5.74) is 0.565. The quantitative estimate of drug-likeness (QED) is 0.724. The molecule has 2 rings (SSSR count). The molecule has 6 nitrogen and oxygen atoms in total. The lowest BCUT2D eigenvalue weighted by molar-refractivity contribution is -0.119. The van der Waals surface area contributed by atoms with Crippen molar-refractivity contribution in [2.45, 2.75) is 26.3 Å². The van der Waals surface area contributed by atoms with E-state index in [0.717, 1.165) is 23.5 Å². The molecular formula is C16H21N3O3S2. The Morgan fingerprint density at radius 1 is 1.42 bits per heavy atom. The van der Waals surface area contributed by atoms with Crippen LogP contribution in [-0.2, 0) is 9.53 Å². The zero-order valence-corrected chi connectivity index (χ0v) is 15.6. The second-order valence-corrected chi connectivity index (χ2v) is 7.06. The highest BCUT2D eigenvalue weighted by molar-refractivity contribution is 7.98. The van der Waals surface area contributed by atoms with E-state index in [-0.39, 0.29) is 11.9 Å². The molecule has 0 aliphatic heterocycles. The number of amides is 1. The first kappa shape index (κ1) is 18.5. The van der Waals surface area contributed by atoms with Gasteiger partial charge < -0.3 is 14.6 Å². The first-order chi connectivity index (χ1) is 11.6. The van der Waals surface area contributed by atoms with E-state index in [1.54, 1.807) is 25.6 Å². The number of carbonyl (C=O) groups excluding carboxylic acids is 2. The number of ether oxygens (including phenoxy) is 1. The summed E-state index contributed by atoms with van der Waals surface area (Å²) in [7, 11) is 0. The van der Waals surface area contributed by atoms with Crippen LogP contribution in [0.4, 0.5) is 5.13 Å². The Morgan fingerprint density at radius 3 is 2.75 bits per heavy atom. The number of aryl methyl sites for hydroxylation is 1. The van der Waals surface area contributed by atoms with E-state index in [1.165, 1.54) is 0 Å². The number of nitrogens with one attached hydrogen (secondary N) is 1. The zero-order chi connectivity index (χ0) is 17.5. The lowest BCUT2D eigenvalue weighted by Crippen LogP contribution is -2.25. The maximum Gasteiger partial charge on any atom is 0.350 e. The van der Waals surface area contributed by atoms with Gasteiger partial charge in [0.2, 0.25) is 5.91 Å². The number of aromatic nitrogens is 2. The van der Waals surface area contributed by atoms with E-state index in [4.69, 9.17) is 4.74 Å². The van der Waals surface area contributed by atoms with Gasteiger partial charge in [-0.15, -0.1) is 0 Å². The molecule has 0 saturated heterocycles. The topological polar surface area (TPSA) is 73.2 Å². The van der Waals surface area contributed by atoms with Crippen LogP contribution in [0.25, 0.3) is 0 Å². The van der Waals surface area contributed by atoms with Gasteiger partial charge in [-0.3, -0.25) is 4.79 Å². The van der Waals surface area contributed by atoms with Gasteiger partial charge in [-0.2, -0.15) is 11.8 Å². The highest BCUT2D eigenvalue weighted by Crippen LogP contribution is 2.25. The highest BCUT2D eigenvalue weighted by atomic mass is 32.2. The van der Waals surface area contributed by atoms with Gasteiger partial charge >= 0.3 is 5.97 Å². The standard InChI is InChI=1S/C16H21N3O3S2/c1-4-22-15(21)13-11(2)17-16(24-13)18-14(20)12(7-10-23-3)19-8-5-6-9-19/h5-6,8-9,12H,4,7,10H2,1-3H3,(H,17,18,20)/t12-/m1/s1. The summed E-state index contributed by atoms with van der Waals surface area (Å²) < 4.78 is 6.89. The van der Waals surface area contributed by atoms with E-state index in [9.17, 15) is 9.59 Å². The molecule has 0 unspecified atom stereocenters. The molecule has 2 aromatic rings. The fourth-order valence-electron chi connectivity index (χ4n) is 2.23. The number of thiazole rings is 1. The lowest BCUT2D eigenvalue weighted by atomic mass is 10.2. The van der Waals surface area contributed by atoms with Crippen molar-refractivity contribution >= 4 is 40.1 Å². The summed E-state index contributed by atoms with van der Waals surface area (Å²) in [5, 5.41) is 3.25. The minimum absolute atomic E-state index is 0.135. The molecule has 0 fully saturated rings. The minimum atomic E-state index is -0.405. The maximum absolute atomic E-state index is 12.6. The molecular weight excluding hydrogens is 346 g/mol. The Balaban J connectivity index is 2.12. The van der Waals surface area contributed by atoms with Crippen molar-refractivity contribution in [3.63, 3.8) is 0 Å². The van der Waals surface area contributed by atoms with Crippen LogP contribution < -0.4 is 5.32 Å². The lowest BCUT2D eigenvalue weighted by Gasteiger charge is -2.17. The number of thioether (sulfide) groups is 1. The summed E-state index contributed by atoms with van der Waals surface area (Å²) in [6.07, 6.45) is 6.49. The second kappa shape index (κ2) is 8.89. The second-order valence-electron chi connectivity index (χ2n) is 5.07. The number of hydrogen-bond acceptors (Lipinski definition) is 6. The average molecular weight is 367 g/mol. The summed E-state index contributed by atoms with van der Waals surface area (Å²) in [6, 6.07) is 3.49. The highest BCUT2D eigenvalue weighted by Gasteiger charge is 2.22. The van der Waals surface area contributed by atoms with E-state index in [2.05, 4.69) is 10.3 Å². The third-order valence-electron chi connectivity index (χ3n) is 3.37. The average Bonchev–Trinajstić information content (AvgIpc) is 3.18. The number of rotatable bonds is 8. The van der Waals surface area contributed by atoms with E-state index in [1.807, 2.05) is 35.3 Å². The normalized spacial score (nSPS) is 12.0. The largest absolute Gasteiger partial charge is 0.462 e. The van der Waals surface area contributed by atoms with Gasteiger partial charge in [0, 0.05) is 12.4 Å². The van der Waals surface area contributed by atoms with Crippen LogP contribution in [0, 0.1) is 6.92 Å². The van der Waals surface area contributed by atoms with Crippen LogP contribution >= 0.6 is 23.1 Å². The van der Waals surface area contributed by atoms with Crippen LogP contribution in [0.15, 0.2) is 24.5 Å². The van der Waals surface area contributed by atoms with Crippen molar-refractivity contribution in [1.29, 1.82) is 0 Å². The number of carbonyl (C=O) groups is 2. The SMILES string of the molecule is CCOC(=O)c1sc(NC(=O)[C@@H](CCSC)n2cccc2)nc1C. The monoisotopic (exact) mass is 367 g/mol. The number of esters is 1. The maximum atomic E-state index is 12.6. The van der Waals surface area contributed by atoms with Crippen LogP contribution in [0.3, 0.4) is 0 Å². The zero-order valence-electron chi connectivity index (χ0n) is 13.9. The Labute approximate surface area is 149 Å². The molecule has 0 aliphatic carbocycles. The predicted molar refractivity (Wildman–Crippen MR) is 97.9 cm³/mol. The minimum Gasteiger partial charge on any atom is -0.462 e. The first-order valence-electron chi connectivity index (χ1n) is 7.63. The van der Waals surface area contributed by atoms with Gasteiger partial charge in [-0.05, 0) is 44.4 Å². The van der Waals surface area contributed by atoms with Crippen LogP contribution in [-0.4, -0.2) is 40.0 Å². The number of nitrogens with zero attached hydrogens (tertiary/aromatic N) is 2. The predicted octanol–water partition coefficient (Wildman–Crippen LogP) is 3.36. The van der Waals surface area contributed by atoms with Crippen molar-refractivity contribution in [1.82, 2.24) is 9.55 Å². The fourth-order valence-corrected chi connectivity index (χ4v) is 3.55. The Bertz CT molecular complexity index is 683. The van der Waals surface area contributed by atoms with Gasteiger partial charge in [0.05, 0.1) is 12.3 Å². The first-order valence-corrected chi connectivity index (χ1v) is 9.84. The molecule has 0 radical (unpaired) electrons. The molecule has 1 amide bonds. The van der Waals surface area contributed by atoms with Crippen LogP contribution in [0.5, 0.6) is 0 Å². The number of hydrogen-bond donors (Lipinski definition) is 1. The van der Waals surface area contributed by atoms with Crippen molar-refractivity contribution in [2.24, 2.45) is 0 Å². The van der Waals surface area contributed by atoms with E-state index in [0.29, 0.717) is 22.3 Å². The molecule has 24 heavy (non-hydrogen) atoms. The van der Waals surface area contributed by atoms with E-state index >= 15 is 0 Å². The van der Waals surface area contributed by atoms with Crippen LogP contribution in [0.2, 0.25) is 0 Å². The molecule has 0 saturated carbocycles. The third kappa shape index (κ3) is 4.61.